The van der Waals surface area contributed by atoms with Crippen molar-refractivity contribution in [1.29, 1.82) is 0 Å². The van der Waals surface area contributed by atoms with Gasteiger partial charge in [0.05, 0.1) is 4.91 Å². The van der Waals surface area contributed by atoms with Crippen LogP contribution in [0.15, 0.2) is 16.0 Å². The van der Waals surface area contributed by atoms with Crippen LogP contribution in [-0.2, 0) is 15.9 Å². The molecular formula is C6H7NO4S. The van der Waals surface area contributed by atoms with Crippen LogP contribution < -0.4 is 0 Å². The summed E-state index contributed by atoms with van der Waals surface area (Å²) in [7, 11) is 0. The highest BCUT2D eigenvalue weighted by molar-refractivity contribution is 7.84. The van der Waals surface area contributed by atoms with Crippen LogP contribution in [0.4, 0.5) is 0 Å². The molecule has 1 rings (SSSR count). The molecule has 2 N–H and O–H groups in total. The maximum Gasteiger partial charge on any atom is 0.355 e. The van der Waals surface area contributed by atoms with Gasteiger partial charge in [-0.2, -0.15) is 0 Å². The molecule has 1 heterocycles. The normalized spacial score (nSPS) is 19.4. The Morgan fingerprint density at radius 1 is 1.67 bits per heavy atom. The SMILES string of the molecule is O=C(O)C1=NCCC=C1S(=O)O. The first-order chi connectivity index (χ1) is 5.63. The van der Waals surface area contributed by atoms with E-state index in [-0.39, 0.29) is 10.6 Å². The average molecular weight is 189 g/mol. The Morgan fingerprint density at radius 2 is 2.33 bits per heavy atom. The minimum absolute atomic E-state index is 0.103. The Hall–Kier alpha value is -1.01. The molecule has 0 radical (unpaired) electrons. The summed E-state index contributed by atoms with van der Waals surface area (Å²) >= 11 is -2.25. The molecule has 0 saturated heterocycles. The second-order valence-corrected chi connectivity index (χ2v) is 3.08. The molecule has 1 aliphatic heterocycles. The Kier molecular flexibility index (Phi) is 2.72. The predicted molar refractivity (Wildman–Crippen MR) is 43.4 cm³/mol. The molecule has 0 aromatic heterocycles. The van der Waals surface area contributed by atoms with Crippen molar-refractivity contribution < 1.29 is 18.7 Å². The molecule has 0 amide bonds. The van der Waals surface area contributed by atoms with E-state index in [0.717, 1.165) is 0 Å². The number of nitrogens with zero attached hydrogens (tertiary/aromatic N) is 1. The molecule has 6 heteroatoms. The number of carbonyl (C=O) groups is 1. The minimum atomic E-state index is -2.25. The topological polar surface area (TPSA) is 87.0 Å². The third kappa shape index (κ3) is 1.77. The number of carboxylic acids is 1. The molecule has 1 unspecified atom stereocenters. The van der Waals surface area contributed by atoms with Crippen molar-refractivity contribution in [3.63, 3.8) is 0 Å². The van der Waals surface area contributed by atoms with Gasteiger partial charge in [-0.15, -0.1) is 0 Å². The fraction of sp³-hybridized carbons (Fsp3) is 0.333. The van der Waals surface area contributed by atoms with Gasteiger partial charge in [0.15, 0.2) is 16.8 Å². The van der Waals surface area contributed by atoms with Gasteiger partial charge < -0.3 is 9.66 Å². The largest absolute Gasteiger partial charge is 0.476 e. The molecule has 0 spiro atoms. The fourth-order valence-corrected chi connectivity index (χ4v) is 1.45. The first-order valence-electron chi connectivity index (χ1n) is 3.22. The molecule has 5 nitrogen and oxygen atoms in total. The van der Waals surface area contributed by atoms with E-state index in [4.69, 9.17) is 9.66 Å². The number of aliphatic carboxylic acids is 1. The van der Waals surface area contributed by atoms with Crippen molar-refractivity contribution in [3.8, 4) is 0 Å². The molecule has 0 aromatic rings. The van der Waals surface area contributed by atoms with Gasteiger partial charge in [0.1, 0.15) is 0 Å². The summed E-state index contributed by atoms with van der Waals surface area (Å²) in [6, 6.07) is 0. The molecule has 66 valence electrons. The maximum atomic E-state index is 10.6. The molecule has 1 atom stereocenters. The molecule has 0 aromatic carbocycles. The van der Waals surface area contributed by atoms with Crippen LogP contribution in [0.3, 0.4) is 0 Å². The van der Waals surface area contributed by atoms with E-state index in [2.05, 4.69) is 4.99 Å². The zero-order chi connectivity index (χ0) is 9.14. The van der Waals surface area contributed by atoms with Crippen LogP contribution in [0.5, 0.6) is 0 Å². The van der Waals surface area contributed by atoms with Crippen LogP contribution in [0.25, 0.3) is 0 Å². The number of rotatable bonds is 2. The highest BCUT2D eigenvalue weighted by atomic mass is 32.2. The Balaban J connectivity index is 2.98. The second-order valence-electron chi connectivity index (χ2n) is 2.14. The highest BCUT2D eigenvalue weighted by Crippen LogP contribution is 2.10. The summed E-state index contributed by atoms with van der Waals surface area (Å²) in [5.41, 5.74) is -0.304. The summed E-state index contributed by atoms with van der Waals surface area (Å²) in [6.07, 6.45) is 1.94. The van der Waals surface area contributed by atoms with E-state index >= 15 is 0 Å². The summed E-state index contributed by atoms with van der Waals surface area (Å²) in [5, 5.41) is 8.54. The van der Waals surface area contributed by atoms with Crippen molar-refractivity contribution in [2.75, 3.05) is 6.54 Å². The van der Waals surface area contributed by atoms with Gasteiger partial charge in [-0.05, 0) is 6.42 Å². The molecule has 0 bridgehead atoms. The summed E-state index contributed by atoms with van der Waals surface area (Å²) < 4.78 is 19.2. The number of hydrogen-bond donors (Lipinski definition) is 2. The van der Waals surface area contributed by atoms with Gasteiger partial charge in [0.25, 0.3) is 0 Å². The summed E-state index contributed by atoms with van der Waals surface area (Å²) in [4.78, 5) is 14.0. The van der Waals surface area contributed by atoms with Crippen molar-refractivity contribution in [1.82, 2.24) is 0 Å². The summed E-state index contributed by atoms with van der Waals surface area (Å²) in [5.74, 6) is -1.26. The van der Waals surface area contributed by atoms with Crippen LogP contribution >= 0.6 is 0 Å². The number of aliphatic imine (C=N–C) groups is 1. The smallest absolute Gasteiger partial charge is 0.355 e. The van der Waals surface area contributed by atoms with Crippen LogP contribution in [0.1, 0.15) is 6.42 Å². The highest BCUT2D eigenvalue weighted by Gasteiger charge is 2.21. The van der Waals surface area contributed by atoms with E-state index in [9.17, 15) is 9.00 Å². The van der Waals surface area contributed by atoms with Crippen LogP contribution in [0, 0.1) is 0 Å². The Labute approximate surface area is 71.1 Å². The lowest BCUT2D eigenvalue weighted by atomic mass is 10.2. The average Bonchev–Trinajstić information content (AvgIpc) is 2.04. The number of dihydropyridines is 1. The Bertz CT molecular complexity index is 264. The second kappa shape index (κ2) is 3.59. The fourth-order valence-electron chi connectivity index (χ4n) is 0.874. The van der Waals surface area contributed by atoms with Crippen molar-refractivity contribution in [3.05, 3.63) is 11.0 Å². The zero-order valence-electron chi connectivity index (χ0n) is 6.06. The standard InChI is InChI=1S/C6H7NO4S/c8-6(9)5-4(12(10)11)2-1-3-7-5/h2H,1,3H2,(H,8,9)(H,10,11). The van der Waals surface area contributed by atoms with E-state index in [1.807, 2.05) is 0 Å². The molecule has 0 aliphatic carbocycles. The van der Waals surface area contributed by atoms with Crippen molar-refractivity contribution in [2.45, 2.75) is 6.42 Å². The maximum absolute atomic E-state index is 10.6. The van der Waals surface area contributed by atoms with Crippen molar-refractivity contribution >= 4 is 22.8 Å². The monoisotopic (exact) mass is 189 g/mol. The molecule has 0 fully saturated rings. The van der Waals surface area contributed by atoms with Gasteiger partial charge in [0, 0.05) is 6.54 Å². The molecule has 12 heavy (non-hydrogen) atoms. The quantitative estimate of drug-likeness (QED) is 0.599. The lowest BCUT2D eigenvalue weighted by Gasteiger charge is -2.07. The van der Waals surface area contributed by atoms with Gasteiger partial charge in [-0.3, -0.25) is 4.99 Å². The van der Waals surface area contributed by atoms with E-state index in [1.165, 1.54) is 6.08 Å². The molecular weight excluding hydrogens is 182 g/mol. The molecule has 1 aliphatic rings. The van der Waals surface area contributed by atoms with Gasteiger partial charge >= 0.3 is 5.97 Å². The summed E-state index contributed by atoms with van der Waals surface area (Å²) in [6.45, 7) is 0.363. The van der Waals surface area contributed by atoms with Gasteiger partial charge in [0.2, 0.25) is 0 Å². The molecule has 0 saturated carbocycles. The third-order valence-electron chi connectivity index (χ3n) is 1.35. The predicted octanol–water partition coefficient (Wildman–Crippen LogP) is 0.0213. The number of carboxylic acid groups (broad SMARTS) is 1. The Morgan fingerprint density at radius 3 is 2.75 bits per heavy atom. The third-order valence-corrected chi connectivity index (χ3v) is 2.09. The van der Waals surface area contributed by atoms with Gasteiger partial charge in [-0.25, -0.2) is 9.00 Å². The van der Waals surface area contributed by atoms with E-state index < -0.39 is 17.0 Å². The van der Waals surface area contributed by atoms with Gasteiger partial charge in [-0.1, -0.05) is 6.08 Å². The van der Waals surface area contributed by atoms with Crippen LogP contribution in [0.2, 0.25) is 0 Å². The first-order valence-corrected chi connectivity index (χ1v) is 4.32. The number of hydrogen-bond acceptors (Lipinski definition) is 3. The van der Waals surface area contributed by atoms with E-state index in [1.54, 1.807) is 0 Å². The first kappa shape index (κ1) is 9.08. The van der Waals surface area contributed by atoms with Crippen molar-refractivity contribution in [2.24, 2.45) is 4.99 Å². The van der Waals surface area contributed by atoms with Crippen LogP contribution in [-0.4, -0.2) is 32.1 Å². The minimum Gasteiger partial charge on any atom is -0.476 e. The lowest BCUT2D eigenvalue weighted by molar-refractivity contribution is -0.129. The van der Waals surface area contributed by atoms with E-state index in [0.29, 0.717) is 13.0 Å². The zero-order valence-corrected chi connectivity index (χ0v) is 6.87. The lowest BCUT2D eigenvalue weighted by Crippen LogP contribution is -2.21.